The largest absolute Gasteiger partial charge is 0.341 e. The third-order valence-electron chi connectivity index (χ3n) is 4.49. The first-order valence-electron chi connectivity index (χ1n) is 7.34. The van der Waals surface area contributed by atoms with E-state index in [-0.39, 0.29) is 29.6 Å². The first-order chi connectivity index (χ1) is 9.97. The first kappa shape index (κ1) is 14.0. The highest BCUT2D eigenvalue weighted by Crippen LogP contribution is 2.33. The Bertz CT molecular complexity index is 596. The van der Waals surface area contributed by atoms with Gasteiger partial charge in [0.05, 0.1) is 5.92 Å². The van der Waals surface area contributed by atoms with E-state index < -0.39 is 0 Å². The van der Waals surface area contributed by atoms with Crippen molar-refractivity contribution >= 4 is 17.5 Å². The van der Waals surface area contributed by atoms with Gasteiger partial charge in [-0.25, -0.2) is 4.39 Å². The Morgan fingerprint density at radius 2 is 2.00 bits per heavy atom. The number of carbonyl (C=O) groups is 2. The Balaban J connectivity index is 1.82. The van der Waals surface area contributed by atoms with E-state index in [0.717, 1.165) is 24.1 Å². The Labute approximate surface area is 123 Å². The van der Waals surface area contributed by atoms with Crippen molar-refractivity contribution in [3.63, 3.8) is 0 Å². The van der Waals surface area contributed by atoms with Crippen LogP contribution in [-0.4, -0.2) is 35.8 Å². The zero-order valence-corrected chi connectivity index (χ0v) is 12.3. The molecule has 4 nitrogen and oxygen atoms in total. The minimum Gasteiger partial charge on any atom is -0.341 e. The van der Waals surface area contributed by atoms with Gasteiger partial charge < -0.3 is 9.80 Å². The summed E-state index contributed by atoms with van der Waals surface area (Å²) in [6, 6.07) is 4.73. The predicted octanol–water partition coefficient (Wildman–Crippen LogP) is 1.97. The third kappa shape index (κ3) is 2.41. The molecule has 2 aliphatic heterocycles. The van der Waals surface area contributed by atoms with E-state index >= 15 is 0 Å². The molecule has 0 saturated carbocycles. The van der Waals surface area contributed by atoms with Gasteiger partial charge >= 0.3 is 0 Å². The average molecular weight is 290 g/mol. The van der Waals surface area contributed by atoms with Crippen LogP contribution < -0.4 is 4.90 Å². The molecule has 112 valence electrons. The van der Waals surface area contributed by atoms with Crippen molar-refractivity contribution in [3.05, 3.63) is 29.6 Å². The van der Waals surface area contributed by atoms with Crippen molar-refractivity contribution in [1.29, 1.82) is 0 Å². The van der Waals surface area contributed by atoms with Gasteiger partial charge in [0.15, 0.2) is 0 Å². The van der Waals surface area contributed by atoms with Crippen LogP contribution in [0.5, 0.6) is 0 Å². The number of halogens is 1. The highest BCUT2D eigenvalue weighted by molar-refractivity contribution is 5.98. The highest BCUT2D eigenvalue weighted by atomic mass is 19.1. The summed E-state index contributed by atoms with van der Waals surface area (Å²) >= 11 is 0. The number of fused-ring (bicyclic) bond motifs is 1. The number of hydrogen-bond donors (Lipinski definition) is 0. The lowest BCUT2D eigenvalue weighted by Crippen LogP contribution is -2.58. The third-order valence-corrected chi connectivity index (χ3v) is 4.49. The molecular formula is C16H19FN2O2. The summed E-state index contributed by atoms with van der Waals surface area (Å²) in [5.41, 5.74) is 1.71. The van der Waals surface area contributed by atoms with Gasteiger partial charge in [0.2, 0.25) is 11.8 Å². The van der Waals surface area contributed by atoms with Crippen LogP contribution in [0.15, 0.2) is 18.2 Å². The minimum absolute atomic E-state index is 0.00761. The van der Waals surface area contributed by atoms with Gasteiger partial charge in [-0.2, -0.15) is 0 Å². The number of likely N-dealkylation sites (tertiary alicyclic amines) is 1. The van der Waals surface area contributed by atoms with E-state index in [1.54, 1.807) is 15.9 Å². The summed E-state index contributed by atoms with van der Waals surface area (Å²) in [5, 5.41) is 0. The molecule has 3 rings (SSSR count). The topological polar surface area (TPSA) is 40.6 Å². The van der Waals surface area contributed by atoms with Gasteiger partial charge in [-0.1, -0.05) is 0 Å². The van der Waals surface area contributed by atoms with Crippen LogP contribution in [0, 0.1) is 11.7 Å². The number of benzene rings is 1. The standard InChI is InChI=1S/C16H19FN2O2/c1-10-3-4-12-7-14(17)5-6-15(12)19(10)16(21)13-8-18(9-13)11(2)20/h5-7,10,13H,3-4,8-9H2,1-2H3. The number of amides is 2. The van der Waals surface area contributed by atoms with Gasteiger partial charge in [0.1, 0.15) is 5.82 Å². The summed E-state index contributed by atoms with van der Waals surface area (Å²) in [7, 11) is 0. The summed E-state index contributed by atoms with van der Waals surface area (Å²) in [6.45, 7) is 4.52. The van der Waals surface area contributed by atoms with Gasteiger partial charge in [-0.3, -0.25) is 9.59 Å². The molecule has 5 heteroatoms. The van der Waals surface area contributed by atoms with Crippen LogP contribution in [0.3, 0.4) is 0 Å². The molecule has 2 amide bonds. The fraction of sp³-hybridized carbons (Fsp3) is 0.500. The summed E-state index contributed by atoms with van der Waals surface area (Å²) in [5.74, 6) is -0.338. The number of nitrogens with zero attached hydrogens (tertiary/aromatic N) is 2. The minimum atomic E-state index is -0.262. The molecule has 1 saturated heterocycles. The normalized spacial score (nSPS) is 21.8. The molecule has 1 atom stereocenters. The second-order valence-electron chi connectivity index (χ2n) is 5.99. The summed E-state index contributed by atoms with van der Waals surface area (Å²) < 4.78 is 13.3. The fourth-order valence-corrected chi connectivity index (χ4v) is 3.14. The summed E-state index contributed by atoms with van der Waals surface area (Å²) in [4.78, 5) is 27.4. The van der Waals surface area contributed by atoms with Crippen LogP contribution in [0.2, 0.25) is 0 Å². The molecular weight excluding hydrogens is 271 g/mol. The van der Waals surface area contributed by atoms with Crippen molar-refractivity contribution in [2.45, 2.75) is 32.7 Å². The van der Waals surface area contributed by atoms with Crippen LogP contribution in [0.1, 0.15) is 25.8 Å². The first-order valence-corrected chi connectivity index (χ1v) is 7.34. The Morgan fingerprint density at radius 1 is 1.29 bits per heavy atom. The lowest BCUT2D eigenvalue weighted by molar-refractivity contribution is -0.140. The average Bonchev–Trinajstić information content (AvgIpc) is 2.36. The number of rotatable bonds is 1. The van der Waals surface area contributed by atoms with Crippen molar-refractivity contribution in [2.75, 3.05) is 18.0 Å². The lowest BCUT2D eigenvalue weighted by atomic mass is 9.92. The number of anilines is 1. The second kappa shape index (κ2) is 5.13. The molecule has 0 N–H and O–H groups in total. The number of hydrogen-bond acceptors (Lipinski definition) is 2. The number of carbonyl (C=O) groups excluding carboxylic acids is 2. The highest BCUT2D eigenvalue weighted by Gasteiger charge is 2.39. The molecule has 0 bridgehead atoms. The smallest absolute Gasteiger partial charge is 0.233 e. The maximum Gasteiger partial charge on any atom is 0.233 e. The van der Waals surface area contributed by atoms with Crippen molar-refractivity contribution in [1.82, 2.24) is 4.90 Å². The summed E-state index contributed by atoms with van der Waals surface area (Å²) in [6.07, 6.45) is 1.63. The van der Waals surface area contributed by atoms with Gasteiger partial charge in [0, 0.05) is 31.7 Å². The molecule has 2 aliphatic rings. The van der Waals surface area contributed by atoms with Gasteiger partial charge in [0.25, 0.3) is 0 Å². The fourth-order valence-electron chi connectivity index (χ4n) is 3.14. The monoisotopic (exact) mass is 290 g/mol. The zero-order valence-electron chi connectivity index (χ0n) is 12.3. The second-order valence-corrected chi connectivity index (χ2v) is 5.99. The van der Waals surface area contributed by atoms with E-state index in [1.165, 1.54) is 19.1 Å². The van der Waals surface area contributed by atoms with E-state index in [9.17, 15) is 14.0 Å². The molecule has 0 spiro atoms. The zero-order chi connectivity index (χ0) is 15.1. The molecule has 21 heavy (non-hydrogen) atoms. The molecule has 0 radical (unpaired) electrons. The SMILES string of the molecule is CC(=O)N1CC(C(=O)N2c3ccc(F)cc3CCC2C)C1. The quantitative estimate of drug-likeness (QED) is 0.793. The molecule has 1 unspecified atom stereocenters. The molecule has 1 fully saturated rings. The maximum absolute atomic E-state index is 13.3. The predicted molar refractivity (Wildman–Crippen MR) is 77.4 cm³/mol. The van der Waals surface area contributed by atoms with Crippen LogP contribution in [0.25, 0.3) is 0 Å². The van der Waals surface area contributed by atoms with Gasteiger partial charge in [-0.05, 0) is 43.5 Å². The molecule has 0 aromatic heterocycles. The van der Waals surface area contributed by atoms with Crippen LogP contribution in [0.4, 0.5) is 10.1 Å². The molecule has 2 heterocycles. The van der Waals surface area contributed by atoms with E-state index in [4.69, 9.17) is 0 Å². The molecule has 1 aromatic carbocycles. The molecule has 0 aliphatic carbocycles. The van der Waals surface area contributed by atoms with Crippen LogP contribution >= 0.6 is 0 Å². The van der Waals surface area contributed by atoms with E-state index in [2.05, 4.69) is 0 Å². The lowest BCUT2D eigenvalue weighted by Gasteiger charge is -2.43. The Kier molecular flexibility index (Phi) is 3.43. The Hall–Kier alpha value is -1.91. The van der Waals surface area contributed by atoms with Crippen molar-refractivity contribution in [3.8, 4) is 0 Å². The van der Waals surface area contributed by atoms with Crippen molar-refractivity contribution < 1.29 is 14.0 Å². The molecule has 1 aromatic rings. The van der Waals surface area contributed by atoms with Crippen molar-refractivity contribution in [2.24, 2.45) is 5.92 Å². The Morgan fingerprint density at radius 3 is 2.67 bits per heavy atom. The number of aryl methyl sites for hydroxylation is 1. The van der Waals surface area contributed by atoms with Gasteiger partial charge in [-0.15, -0.1) is 0 Å². The van der Waals surface area contributed by atoms with E-state index in [0.29, 0.717) is 13.1 Å². The maximum atomic E-state index is 13.3. The van der Waals surface area contributed by atoms with Crippen LogP contribution in [-0.2, 0) is 16.0 Å². The van der Waals surface area contributed by atoms with E-state index in [1.807, 2.05) is 6.92 Å².